The van der Waals surface area contributed by atoms with E-state index in [-0.39, 0.29) is 0 Å². The molecule has 0 aliphatic heterocycles. The molecule has 1 aromatic carbocycles. The van der Waals surface area contributed by atoms with E-state index in [1.54, 1.807) is 0 Å². The van der Waals surface area contributed by atoms with E-state index in [1.807, 2.05) is 6.07 Å². The molecule has 0 N–H and O–H groups in total. The van der Waals surface area contributed by atoms with Crippen molar-refractivity contribution in [2.24, 2.45) is 29.6 Å². The van der Waals surface area contributed by atoms with Crippen LogP contribution < -0.4 is 0 Å². The van der Waals surface area contributed by atoms with Gasteiger partial charge in [0.15, 0.2) is 5.78 Å². The fourth-order valence-electron chi connectivity index (χ4n) is 5.71. The zero-order valence-corrected chi connectivity index (χ0v) is 13.1. The Morgan fingerprint density at radius 1 is 1.05 bits per heavy atom. The fraction of sp³-hybridized carbons (Fsp3) is 0.650. The zero-order chi connectivity index (χ0) is 14.4. The van der Waals surface area contributed by atoms with Gasteiger partial charge in [0.2, 0.25) is 0 Å². The van der Waals surface area contributed by atoms with E-state index in [9.17, 15) is 4.79 Å². The minimum absolute atomic E-state index is 0.342. The van der Waals surface area contributed by atoms with E-state index < -0.39 is 0 Å². The Kier molecular flexibility index (Phi) is 3.40. The SMILES string of the molecule is CCCc1cccc(C(=O)C2C3CC4CC(C3)CC2C4)c1. The summed E-state index contributed by atoms with van der Waals surface area (Å²) in [4.78, 5) is 13.1. The van der Waals surface area contributed by atoms with Crippen LogP contribution in [0, 0.1) is 29.6 Å². The van der Waals surface area contributed by atoms with Crippen LogP contribution in [0.25, 0.3) is 0 Å². The number of rotatable bonds is 4. The van der Waals surface area contributed by atoms with E-state index in [0.717, 1.165) is 30.2 Å². The number of carbonyl (C=O) groups is 1. The lowest BCUT2D eigenvalue weighted by molar-refractivity contribution is -0.0251. The van der Waals surface area contributed by atoms with Gasteiger partial charge in [-0.1, -0.05) is 31.5 Å². The van der Waals surface area contributed by atoms with Crippen LogP contribution in [-0.4, -0.2) is 5.78 Å². The maximum absolute atomic E-state index is 13.1. The molecular weight excluding hydrogens is 256 g/mol. The topological polar surface area (TPSA) is 17.1 Å². The Morgan fingerprint density at radius 3 is 2.33 bits per heavy atom. The van der Waals surface area contributed by atoms with Crippen molar-refractivity contribution in [1.82, 2.24) is 0 Å². The summed E-state index contributed by atoms with van der Waals surface area (Å²) in [6.07, 6.45) is 9.02. The molecule has 0 heterocycles. The molecule has 4 aliphatic rings. The normalized spacial score (nSPS) is 36.9. The van der Waals surface area contributed by atoms with Crippen molar-refractivity contribution >= 4 is 5.78 Å². The number of Topliss-reactive ketones (excluding diaryl/α,β-unsaturated/α-hetero) is 1. The number of carbonyl (C=O) groups excluding carboxylic acids is 1. The average Bonchev–Trinajstić information content (AvgIpc) is 2.46. The number of hydrogen-bond acceptors (Lipinski definition) is 1. The van der Waals surface area contributed by atoms with Gasteiger partial charge in [0, 0.05) is 11.5 Å². The highest BCUT2D eigenvalue weighted by atomic mass is 16.1. The molecule has 4 fully saturated rings. The molecule has 0 aromatic heterocycles. The number of ketones is 1. The van der Waals surface area contributed by atoms with Crippen LogP contribution in [0.2, 0.25) is 0 Å². The molecule has 4 saturated carbocycles. The molecule has 0 radical (unpaired) electrons. The van der Waals surface area contributed by atoms with E-state index >= 15 is 0 Å². The molecule has 0 amide bonds. The van der Waals surface area contributed by atoms with Crippen molar-refractivity contribution in [3.8, 4) is 0 Å². The summed E-state index contributed by atoms with van der Waals surface area (Å²) in [7, 11) is 0. The van der Waals surface area contributed by atoms with Crippen molar-refractivity contribution in [3.05, 3.63) is 35.4 Å². The Balaban J connectivity index is 1.58. The molecular formula is C20H26O. The fourth-order valence-corrected chi connectivity index (χ4v) is 5.71. The predicted molar refractivity (Wildman–Crippen MR) is 85.3 cm³/mol. The molecule has 21 heavy (non-hydrogen) atoms. The first-order valence-electron chi connectivity index (χ1n) is 8.87. The van der Waals surface area contributed by atoms with Crippen molar-refractivity contribution in [2.45, 2.75) is 51.9 Å². The van der Waals surface area contributed by atoms with Crippen LogP contribution in [0.1, 0.15) is 61.4 Å². The van der Waals surface area contributed by atoms with Gasteiger partial charge in [0.25, 0.3) is 0 Å². The van der Waals surface area contributed by atoms with Crippen LogP contribution in [0.3, 0.4) is 0 Å². The van der Waals surface area contributed by atoms with Gasteiger partial charge in [-0.3, -0.25) is 4.79 Å². The van der Waals surface area contributed by atoms with Crippen molar-refractivity contribution in [2.75, 3.05) is 0 Å². The number of benzene rings is 1. The van der Waals surface area contributed by atoms with Gasteiger partial charge in [-0.2, -0.15) is 0 Å². The standard InChI is InChI=1S/C20H26O/c1-2-4-13-5-3-6-16(8-13)20(21)19-17-9-14-7-15(11-17)12-18(19)10-14/h3,5-6,8,14-15,17-19H,2,4,7,9-12H2,1H3. The monoisotopic (exact) mass is 282 g/mol. The molecule has 4 aliphatic carbocycles. The van der Waals surface area contributed by atoms with Gasteiger partial charge in [0.05, 0.1) is 0 Å². The predicted octanol–water partition coefficient (Wildman–Crippen LogP) is 4.89. The molecule has 1 nitrogen and oxygen atoms in total. The highest BCUT2D eigenvalue weighted by Gasteiger charge is 2.50. The van der Waals surface area contributed by atoms with Gasteiger partial charge in [-0.15, -0.1) is 0 Å². The van der Waals surface area contributed by atoms with Gasteiger partial charge in [-0.05, 0) is 73.8 Å². The van der Waals surface area contributed by atoms with Crippen molar-refractivity contribution < 1.29 is 4.79 Å². The lowest BCUT2D eigenvalue weighted by Crippen LogP contribution is -2.48. The summed E-state index contributed by atoms with van der Waals surface area (Å²) in [5, 5.41) is 0. The Bertz CT molecular complexity index is 517. The summed E-state index contributed by atoms with van der Waals surface area (Å²) in [6.45, 7) is 2.20. The first-order valence-corrected chi connectivity index (χ1v) is 8.87. The molecule has 0 unspecified atom stereocenters. The third-order valence-electron chi connectivity index (χ3n) is 6.28. The largest absolute Gasteiger partial charge is 0.294 e. The van der Waals surface area contributed by atoms with E-state index in [1.165, 1.54) is 37.7 Å². The maximum atomic E-state index is 13.1. The molecule has 0 spiro atoms. The third-order valence-corrected chi connectivity index (χ3v) is 6.28. The Hall–Kier alpha value is -1.11. The second kappa shape index (κ2) is 5.26. The highest BCUT2D eigenvalue weighted by Crippen LogP contribution is 2.57. The molecule has 5 rings (SSSR count). The molecule has 0 saturated heterocycles. The Morgan fingerprint density at radius 2 is 1.71 bits per heavy atom. The van der Waals surface area contributed by atoms with Crippen LogP contribution in [-0.2, 0) is 6.42 Å². The van der Waals surface area contributed by atoms with Crippen LogP contribution in [0.5, 0.6) is 0 Å². The first-order chi connectivity index (χ1) is 10.2. The summed E-state index contributed by atoms with van der Waals surface area (Å²) in [5.41, 5.74) is 2.31. The quantitative estimate of drug-likeness (QED) is 0.718. The molecule has 112 valence electrons. The Labute approximate surface area is 128 Å². The summed E-state index contributed by atoms with van der Waals surface area (Å²) in [5.74, 6) is 4.09. The van der Waals surface area contributed by atoms with Crippen LogP contribution >= 0.6 is 0 Å². The maximum Gasteiger partial charge on any atom is 0.166 e. The van der Waals surface area contributed by atoms with Crippen molar-refractivity contribution in [1.29, 1.82) is 0 Å². The van der Waals surface area contributed by atoms with Gasteiger partial charge >= 0.3 is 0 Å². The van der Waals surface area contributed by atoms with E-state index in [4.69, 9.17) is 0 Å². The summed E-state index contributed by atoms with van der Waals surface area (Å²) < 4.78 is 0. The average molecular weight is 282 g/mol. The minimum atomic E-state index is 0.342. The lowest BCUT2D eigenvalue weighted by atomic mass is 9.51. The summed E-state index contributed by atoms with van der Waals surface area (Å²) >= 11 is 0. The summed E-state index contributed by atoms with van der Waals surface area (Å²) in [6, 6.07) is 8.45. The van der Waals surface area contributed by atoms with Crippen LogP contribution in [0.4, 0.5) is 0 Å². The van der Waals surface area contributed by atoms with E-state index in [2.05, 4.69) is 25.1 Å². The zero-order valence-electron chi connectivity index (χ0n) is 13.1. The smallest absolute Gasteiger partial charge is 0.166 e. The lowest BCUT2D eigenvalue weighted by Gasteiger charge is -2.53. The first kappa shape index (κ1) is 13.5. The second-order valence-corrected chi connectivity index (χ2v) is 7.77. The number of hydrogen-bond donors (Lipinski definition) is 0. The molecule has 0 atom stereocenters. The van der Waals surface area contributed by atoms with Gasteiger partial charge < -0.3 is 0 Å². The minimum Gasteiger partial charge on any atom is -0.294 e. The molecule has 4 bridgehead atoms. The van der Waals surface area contributed by atoms with Crippen molar-refractivity contribution in [3.63, 3.8) is 0 Å². The number of aryl methyl sites for hydroxylation is 1. The third kappa shape index (κ3) is 2.35. The van der Waals surface area contributed by atoms with E-state index in [0.29, 0.717) is 23.5 Å². The second-order valence-electron chi connectivity index (χ2n) is 7.77. The molecule has 1 aromatic rings. The van der Waals surface area contributed by atoms with Gasteiger partial charge in [0.1, 0.15) is 0 Å². The molecule has 1 heteroatoms. The van der Waals surface area contributed by atoms with Gasteiger partial charge in [-0.25, -0.2) is 0 Å². The van der Waals surface area contributed by atoms with Crippen LogP contribution in [0.15, 0.2) is 24.3 Å². The highest BCUT2D eigenvalue weighted by molar-refractivity contribution is 5.98.